The number of halogens is 1. The van der Waals surface area contributed by atoms with Crippen LogP contribution in [0.1, 0.15) is 77.4 Å². The van der Waals surface area contributed by atoms with E-state index in [4.69, 9.17) is 31.5 Å². The molecular formula is C29H55ClN4O3Y-2. The fraction of sp³-hybridized carbons (Fsp3) is 0.724. The van der Waals surface area contributed by atoms with Crippen molar-refractivity contribution in [1.29, 1.82) is 0 Å². The van der Waals surface area contributed by atoms with Crippen molar-refractivity contribution in [2.45, 2.75) is 77.9 Å². The van der Waals surface area contributed by atoms with Gasteiger partial charge < -0.3 is 35.9 Å². The third-order valence-corrected chi connectivity index (χ3v) is 5.71. The maximum absolute atomic E-state index is 7.22. The first-order chi connectivity index (χ1) is 18.1. The maximum atomic E-state index is 7.22. The molecule has 221 valence electrons. The average Bonchev–Trinajstić information content (AvgIpc) is 2.93. The number of methoxy groups -OCH3 is 2. The summed E-state index contributed by atoms with van der Waals surface area (Å²) in [5, 5.41) is 11.2. The quantitative estimate of drug-likeness (QED) is 0.115. The summed E-state index contributed by atoms with van der Waals surface area (Å²) in [7, 11) is 7.16. The first kappa shape index (κ1) is 42.2. The number of unbranched alkanes of at least 4 members (excludes halogenated alkanes) is 3. The van der Waals surface area contributed by atoms with Gasteiger partial charge in [0.25, 0.3) is 0 Å². The third kappa shape index (κ3) is 24.8. The molecule has 3 N–H and O–H groups in total. The molecule has 1 radical (unpaired) electrons. The smallest absolute Gasteiger partial charge is 0.182 e. The molecule has 2 unspecified atom stereocenters. The van der Waals surface area contributed by atoms with Gasteiger partial charge in [0, 0.05) is 58.0 Å². The minimum absolute atomic E-state index is 0. The van der Waals surface area contributed by atoms with Gasteiger partial charge in [0.1, 0.15) is 0 Å². The van der Waals surface area contributed by atoms with Crippen LogP contribution < -0.4 is 10.6 Å². The van der Waals surface area contributed by atoms with Crippen molar-refractivity contribution in [3.05, 3.63) is 57.9 Å². The van der Waals surface area contributed by atoms with Gasteiger partial charge in [-0.2, -0.15) is 7.05 Å². The van der Waals surface area contributed by atoms with E-state index in [2.05, 4.69) is 22.9 Å². The Morgan fingerprint density at radius 2 is 1.82 bits per heavy atom. The van der Waals surface area contributed by atoms with Gasteiger partial charge in [-0.15, -0.1) is 13.1 Å². The summed E-state index contributed by atoms with van der Waals surface area (Å²) in [6, 6.07) is 8.20. The van der Waals surface area contributed by atoms with Crippen molar-refractivity contribution in [1.82, 2.24) is 10.6 Å². The van der Waals surface area contributed by atoms with Crippen LogP contribution in [-0.2, 0) is 46.9 Å². The maximum Gasteiger partial charge on any atom is 0.182 e. The Balaban J connectivity index is -0.000000659. The fourth-order valence-electron chi connectivity index (χ4n) is 3.43. The van der Waals surface area contributed by atoms with E-state index in [9.17, 15) is 0 Å². The van der Waals surface area contributed by atoms with Crippen molar-refractivity contribution < 1.29 is 46.9 Å². The summed E-state index contributed by atoms with van der Waals surface area (Å²) in [4.78, 5) is 0. The first-order valence-corrected chi connectivity index (χ1v) is 14.1. The Morgan fingerprint density at radius 1 is 1.11 bits per heavy atom. The van der Waals surface area contributed by atoms with Gasteiger partial charge in [0.05, 0.1) is 19.8 Å². The molecule has 0 bridgehead atoms. The Morgan fingerprint density at radius 3 is 2.37 bits per heavy atom. The number of hydrogen-bond acceptors (Lipinski definition) is 5. The van der Waals surface area contributed by atoms with E-state index >= 15 is 0 Å². The second-order valence-corrected chi connectivity index (χ2v) is 8.67. The molecule has 1 aromatic carbocycles. The van der Waals surface area contributed by atoms with Gasteiger partial charge in [0.2, 0.25) is 0 Å². The van der Waals surface area contributed by atoms with Crippen molar-refractivity contribution in [3.63, 3.8) is 0 Å². The van der Waals surface area contributed by atoms with Crippen LogP contribution in [-0.4, -0.2) is 67.2 Å². The number of nitrogens with zero attached hydrogens (tertiary/aromatic N) is 1. The van der Waals surface area contributed by atoms with E-state index in [0.717, 1.165) is 48.9 Å². The van der Waals surface area contributed by atoms with Crippen LogP contribution in [0.25, 0.3) is 11.1 Å². The largest absolute Gasteiger partial charge is 0.676 e. The monoisotopic (exact) mass is 631 g/mol. The van der Waals surface area contributed by atoms with Crippen molar-refractivity contribution in [2.75, 3.05) is 61.2 Å². The summed E-state index contributed by atoms with van der Waals surface area (Å²) in [6.07, 6.45) is 9.83. The molecule has 1 aromatic rings. The second-order valence-electron chi connectivity index (χ2n) is 8.24. The normalized spacial score (nSPS) is 12.2. The van der Waals surface area contributed by atoms with E-state index in [1.54, 1.807) is 14.2 Å². The molecule has 38 heavy (non-hydrogen) atoms. The Labute approximate surface area is 264 Å². The summed E-state index contributed by atoms with van der Waals surface area (Å²) in [5.74, 6) is 0.786. The van der Waals surface area contributed by atoms with Gasteiger partial charge in [0.15, 0.2) is 5.88 Å². The number of likely N-dealkylation sites (N-methyl/N-ethyl adjacent to an activating group) is 1. The van der Waals surface area contributed by atoms with Crippen molar-refractivity contribution >= 4 is 11.6 Å². The van der Waals surface area contributed by atoms with Crippen LogP contribution in [0, 0.1) is 0 Å². The van der Waals surface area contributed by atoms with Gasteiger partial charge >= 0.3 is 0 Å². The minimum atomic E-state index is 0. The molecule has 1 rings (SSSR count). The molecule has 9 heteroatoms. The Bertz CT molecular complexity index is 638. The zero-order valence-electron chi connectivity index (χ0n) is 25.2. The second kappa shape index (κ2) is 33.0. The molecule has 0 heterocycles. The molecule has 0 saturated carbocycles. The topological polar surface area (TPSA) is 89.7 Å². The third-order valence-electron chi connectivity index (χ3n) is 5.47. The minimum Gasteiger partial charge on any atom is -0.676 e. The SMILES string of the molecule is CC.CC/C=C(/NCCOC(CC[N-]C)c1cccc(Cl)c1)OC.CNC(C[NH-])CCCCCCOC.[Y]. The number of rotatable bonds is 20. The van der Waals surface area contributed by atoms with Crippen molar-refractivity contribution in [2.24, 2.45) is 0 Å². The van der Waals surface area contributed by atoms with E-state index in [1.807, 2.05) is 58.3 Å². The molecule has 0 aliphatic carbocycles. The molecule has 0 aliphatic heterocycles. The molecular weight excluding hydrogens is 577 g/mol. The van der Waals surface area contributed by atoms with Crippen LogP contribution in [0.4, 0.5) is 0 Å². The zero-order valence-corrected chi connectivity index (χ0v) is 28.7. The van der Waals surface area contributed by atoms with E-state index < -0.39 is 0 Å². The van der Waals surface area contributed by atoms with Gasteiger partial charge in [-0.1, -0.05) is 63.8 Å². The Kier molecular flexibility index (Phi) is 36.6. The molecule has 2 atom stereocenters. The Hall–Kier alpha value is -0.246. The molecule has 0 aliphatic rings. The van der Waals surface area contributed by atoms with Crippen LogP contribution in [0.3, 0.4) is 0 Å². The van der Waals surface area contributed by atoms with E-state index in [0.29, 0.717) is 25.7 Å². The zero-order chi connectivity index (χ0) is 28.2. The molecule has 0 aromatic heterocycles. The van der Waals surface area contributed by atoms with Crippen LogP contribution >= 0.6 is 11.6 Å². The predicted molar refractivity (Wildman–Crippen MR) is 161 cm³/mol. The summed E-state index contributed by atoms with van der Waals surface area (Å²) < 4.78 is 16.2. The van der Waals surface area contributed by atoms with Crippen LogP contribution in [0.2, 0.25) is 5.02 Å². The van der Waals surface area contributed by atoms with Crippen molar-refractivity contribution in [3.8, 4) is 0 Å². The van der Waals surface area contributed by atoms with Gasteiger partial charge in [-0.3, -0.25) is 0 Å². The van der Waals surface area contributed by atoms with Gasteiger partial charge in [-0.05, 0) is 62.5 Å². The number of benzene rings is 1. The number of ether oxygens (including phenoxy) is 3. The number of nitrogens with one attached hydrogen (secondary N) is 3. The summed E-state index contributed by atoms with van der Waals surface area (Å²) >= 11 is 6.06. The molecule has 0 saturated heterocycles. The number of allylic oxidation sites excluding steroid dienone is 1. The molecule has 0 spiro atoms. The average molecular weight is 632 g/mol. The molecule has 0 amide bonds. The standard InChI is InChI=1S/C17H26ClN2O2.C10H23N2O.C2H6.Y/c1-4-6-17(21-3)20-11-12-22-16(9-10-19-2)14-7-5-8-15(18)13-14;1-12-10(9-11)7-5-3-4-6-8-13-2;1-2;/h5-8,13,16,20H,4,9-12H2,1-3H3;10-12H,3-9H2,1-2H3;1-2H3;/q2*-1;;/b17-6-;;;. The first-order valence-electron chi connectivity index (χ1n) is 13.8. The van der Waals surface area contributed by atoms with Crippen LogP contribution in [0.5, 0.6) is 0 Å². The predicted octanol–water partition coefficient (Wildman–Crippen LogP) is 7.53. The fourth-order valence-corrected chi connectivity index (χ4v) is 3.63. The molecule has 0 fully saturated rings. The summed E-state index contributed by atoms with van der Waals surface area (Å²) in [6.45, 7) is 9.50. The number of hydrogen-bond donors (Lipinski definition) is 2. The van der Waals surface area contributed by atoms with Crippen LogP contribution in [0.15, 0.2) is 36.2 Å². The molecule has 7 nitrogen and oxygen atoms in total. The summed E-state index contributed by atoms with van der Waals surface area (Å²) in [5.41, 5.74) is 8.31. The van der Waals surface area contributed by atoms with E-state index in [1.165, 1.54) is 25.7 Å². The van der Waals surface area contributed by atoms with E-state index in [-0.39, 0.29) is 38.8 Å². The van der Waals surface area contributed by atoms with Gasteiger partial charge in [-0.25, -0.2) is 0 Å².